The standard InChI is InChI=1S/C19H23ClN2O2/c1-21(2)14-6-5-12-22(13-11-14)19(23)18-10-9-17(24-18)15-7-3-4-8-16(15)20/h3-4,7-10,14H,5-6,11-13H2,1-2H3. The summed E-state index contributed by atoms with van der Waals surface area (Å²) in [5, 5.41) is 0.620. The first-order valence-electron chi connectivity index (χ1n) is 8.36. The van der Waals surface area contributed by atoms with Crippen molar-refractivity contribution in [3.05, 3.63) is 47.2 Å². The molecule has 2 aromatic rings. The highest BCUT2D eigenvalue weighted by molar-refractivity contribution is 6.33. The van der Waals surface area contributed by atoms with Crippen LogP contribution in [-0.4, -0.2) is 48.9 Å². The molecule has 3 rings (SSSR count). The van der Waals surface area contributed by atoms with Crippen molar-refractivity contribution in [3.8, 4) is 11.3 Å². The Morgan fingerprint density at radius 3 is 2.71 bits per heavy atom. The predicted octanol–water partition coefficient (Wildman–Crippen LogP) is 4.16. The number of nitrogens with zero attached hydrogens (tertiary/aromatic N) is 2. The first kappa shape index (κ1) is 17.1. The average Bonchev–Trinajstić information content (AvgIpc) is 2.91. The van der Waals surface area contributed by atoms with E-state index in [1.807, 2.05) is 35.2 Å². The number of rotatable bonds is 3. The summed E-state index contributed by atoms with van der Waals surface area (Å²) < 4.78 is 5.79. The smallest absolute Gasteiger partial charge is 0.289 e. The van der Waals surface area contributed by atoms with Gasteiger partial charge >= 0.3 is 0 Å². The molecule has 0 radical (unpaired) electrons. The molecule has 1 fully saturated rings. The van der Waals surface area contributed by atoms with Crippen LogP contribution in [-0.2, 0) is 0 Å². The van der Waals surface area contributed by atoms with E-state index in [1.165, 1.54) is 0 Å². The number of furan rings is 1. The topological polar surface area (TPSA) is 36.7 Å². The second-order valence-electron chi connectivity index (χ2n) is 6.48. The molecule has 5 heteroatoms. The Balaban J connectivity index is 1.73. The molecule has 0 N–H and O–H groups in total. The van der Waals surface area contributed by atoms with Gasteiger partial charge in [-0.15, -0.1) is 0 Å². The maximum atomic E-state index is 12.7. The van der Waals surface area contributed by atoms with E-state index in [0.29, 0.717) is 22.6 Å². The molecule has 0 saturated carbocycles. The second kappa shape index (κ2) is 7.41. The van der Waals surface area contributed by atoms with Crippen LogP contribution in [0.2, 0.25) is 5.02 Å². The summed E-state index contributed by atoms with van der Waals surface area (Å²) >= 11 is 6.20. The molecule has 1 aromatic carbocycles. The Kier molecular flexibility index (Phi) is 5.27. The van der Waals surface area contributed by atoms with Crippen molar-refractivity contribution in [1.29, 1.82) is 0 Å². The minimum Gasteiger partial charge on any atom is -0.451 e. The first-order valence-corrected chi connectivity index (χ1v) is 8.74. The van der Waals surface area contributed by atoms with Gasteiger partial charge in [-0.3, -0.25) is 4.79 Å². The van der Waals surface area contributed by atoms with Gasteiger partial charge in [0.2, 0.25) is 0 Å². The van der Waals surface area contributed by atoms with Crippen LogP contribution < -0.4 is 0 Å². The van der Waals surface area contributed by atoms with Crippen LogP contribution in [0.5, 0.6) is 0 Å². The lowest BCUT2D eigenvalue weighted by atomic mass is 10.1. The van der Waals surface area contributed by atoms with Crippen molar-refractivity contribution in [2.75, 3.05) is 27.2 Å². The Morgan fingerprint density at radius 2 is 1.96 bits per heavy atom. The summed E-state index contributed by atoms with van der Waals surface area (Å²) in [5.41, 5.74) is 0.807. The van der Waals surface area contributed by atoms with E-state index in [2.05, 4.69) is 19.0 Å². The van der Waals surface area contributed by atoms with Crippen molar-refractivity contribution in [2.24, 2.45) is 0 Å². The molecule has 0 bridgehead atoms. The maximum absolute atomic E-state index is 12.7. The highest BCUT2D eigenvalue weighted by Gasteiger charge is 2.24. The Hall–Kier alpha value is -1.78. The zero-order valence-corrected chi connectivity index (χ0v) is 14.9. The lowest BCUT2D eigenvalue weighted by molar-refractivity contribution is 0.0727. The largest absolute Gasteiger partial charge is 0.451 e. The van der Waals surface area contributed by atoms with Crippen LogP contribution in [0.25, 0.3) is 11.3 Å². The number of amides is 1. The van der Waals surface area contributed by atoms with Crippen LogP contribution in [0.4, 0.5) is 0 Å². The molecule has 128 valence electrons. The van der Waals surface area contributed by atoms with E-state index in [0.717, 1.165) is 37.9 Å². The van der Waals surface area contributed by atoms with Gasteiger partial charge in [0.1, 0.15) is 5.76 Å². The molecule has 1 saturated heterocycles. The van der Waals surface area contributed by atoms with E-state index in [4.69, 9.17) is 16.0 Å². The zero-order valence-electron chi connectivity index (χ0n) is 14.2. The van der Waals surface area contributed by atoms with E-state index < -0.39 is 0 Å². The van der Waals surface area contributed by atoms with Gasteiger partial charge in [0.25, 0.3) is 5.91 Å². The second-order valence-corrected chi connectivity index (χ2v) is 6.89. The van der Waals surface area contributed by atoms with Gasteiger partial charge in [0.05, 0.1) is 5.02 Å². The number of halogens is 1. The van der Waals surface area contributed by atoms with Gasteiger partial charge in [-0.05, 0) is 57.6 Å². The van der Waals surface area contributed by atoms with Gasteiger partial charge in [0.15, 0.2) is 5.76 Å². The number of hydrogen-bond acceptors (Lipinski definition) is 3. The quantitative estimate of drug-likeness (QED) is 0.837. The van der Waals surface area contributed by atoms with Crippen LogP contribution in [0.1, 0.15) is 29.8 Å². The average molecular weight is 347 g/mol. The van der Waals surface area contributed by atoms with Crippen LogP contribution in [0.15, 0.2) is 40.8 Å². The highest BCUT2D eigenvalue weighted by atomic mass is 35.5. The summed E-state index contributed by atoms with van der Waals surface area (Å²) in [7, 11) is 4.20. The van der Waals surface area contributed by atoms with Crippen molar-refractivity contribution in [3.63, 3.8) is 0 Å². The van der Waals surface area contributed by atoms with E-state index in [1.54, 1.807) is 6.07 Å². The third-order valence-electron chi connectivity index (χ3n) is 4.67. The Bertz CT molecular complexity index is 711. The fourth-order valence-corrected chi connectivity index (χ4v) is 3.44. The summed E-state index contributed by atoms with van der Waals surface area (Å²) in [4.78, 5) is 16.9. The number of carbonyl (C=O) groups is 1. The highest BCUT2D eigenvalue weighted by Crippen LogP contribution is 2.29. The van der Waals surface area contributed by atoms with Gasteiger partial charge in [-0.25, -0.2) is 0 Å². The molecule has 1 atom stereocenters. The summed E-state index contributed by atoms with van der Waals surface area (Å²) in [5.74, 6) is 0.978. The molecule has 0 aliphatic carbocycles. The van der Waals surface area contributed by atoms with Crippen LogP contribution in [0.3, 0.4) is 0 Å². The minimum atomic E-state index is -0.0345. The zero-order chi connectivity index (χ0) is 17.1. The fourth-order valence-electron chi connectivity index (χ4n) is 3.21. The van der Waals surface area contributed by atoms with Crippen LogP contribution >= 0.6 is 11.6 Å². The molecule has 0 spiro atoms. The Morgan fingerprint density at radius 1 is 1.17 bits per heavy atom. The van der Waals surface area contributed by atoms with Crippen LogP contribution in [0, 0.1) is 0 Å². The van der Waals surface area contributed by atoms with E-state index in [9.17, 15) is 4.79 Å². The molecule has 24 heavy (non-hydrogen) atoms. The normalized spacial score (nSPS) is 18.7. The lowest BCUT2D eigenvalue weighted by Gasteiger charge is -2.23. The predicted molar refractivity (Wildman–Crippen MR) is 96.4 cm³/mol. The van der Waals surface area contributed by atoms with Gasteiger partial charge in [0, 0.05) is 24.7 Å². The molecule has 1 amide bonds. The van der Waals surface area contributed by atoms with E-state index in [-0.39, 0.29) is 5.91 Å². The summed E-state index contributed by atoms with van der Waals surface area (Å²) in [6, 6.07) is 11.6. The molecule has 1 aromatic heterocycles. The third-order valence-corrected chi connectivity index (χ3v) is 5.00. The number of carbonyl (C=O) groups excluding carboxylic acids is 1. The molecular weight excluding hydrogens is 324 g/mol. The summed E-state index contributed by atoms with van der Waals surface area (Å²) in [6.07, 6.45) is 3.14. The molecule has 1 aliphatic rings. The molecule has 2 heterocycles. The maximum Gasteiger partial charge on any atom is 0.289 e. The monoisotopic (exact) mass is 346 g/mol. The first-order chi connectivity index (χ1) is 11.6. The van der Waals surface area contributed by atoms with Crippen molar-refractivity contribution >= 4 is 17.5 Å². The number of hydrogen-bond donors (Lipinski definition) is 0. The number of benzene rings is 1. The van der Waals surface area contributed by atoms with Crippen molar-refractivity contribution in [2.45, 2.75) is 25.3 Å². The lowest BCUT2D eigenvalue weighted by Crippen LogP contribution is -2.33. The van der Waals surface area contributed by atoms with Gasteiger partial charge in [-0.1, -0.05) is 23.7 Å². The van der Waals surface area contributed by atoms with Gasteiger partial charge < -0.3 is 14.2 Å². The van der Waals surface area contributed by atoms with E-state index >= 15 is 0 Å². The minimum absolute atomic E-state index is 0.0345. The van der Waals surface area contributed by atoms with Crippen molar-refractivity contribution in [1.82, 2.24) is 9.80 Å². The molecule has 1 unspecified atom stereocenters. The Labute approximate surface area is 148 Å². The third kappa shape index (κ3) is 3.65. The van der Waals surface area contributed by atoms with Crippen molar-refractivity contribution < 1.29 is 9.21 Å². The molecule has 4 nitrogen and oxygen atoms in total. The number of likely N-dealkylation sites (tertiary alicyclic amines) is 1. The molecular formula is C19H23ClN2O2. The van der Waals surface area contributed by atoms with Gasteiger partial charge in [-0.2, -0.15) is 0 Å². The SMILES string of the molecule is CN(C)C1CCCN(C(=O)c2ccc(-c3ccccc3Cl)o2)CC1. The fraction of sp³-hybridized carbons (Fsp3) is 0.421. The summed E-state index contributed by atoms with van der Waals surface area (Å²) in [6.45, 7) is 1.55. The molecule has 1 aliphatic heterocycles.